The van der Waals surface area contributed by atoms with Crippen molar-refractivity contribution in [2.75, 3.05) is 0 Å². The van der Waals surface area contributed by atoms with Gasteiger partial charge in [0.25, 0.3) is 5.54 Å². The third kappa shape index (κ3) is 2.83. The predicted molar refractivity (Wildman–Crippen MR) is 61.7 cm³/mol. The third-order valence-corrected chi connectivity index (χ3v) is 3.84. The number of hydrogen-bond donors (Lipinski definition) is 0. The van der Waals surface area contributed by atoms with E-state index in [9.17, 15) is 0 Å². The number of nitrogens with zero attached hydrogens (tertiary/aromatic N) is 1. The average molecular weight is 211 g/mol. The van der Waals surface area contributed by atoms with Crippen molar-refractivity contribution >= 4 is 8.32 Å². The minimum absolute atomic E-state index is 0.181. The molecular weight excluding hydrogens is 190 g/mol. The Kier molecular flexibility index (Phi) is 3.39. The standard InChI is InChI=1S/C11H21NOSi/c1-11(12-2)9-7-6-8-10(11)13-14(3,4)5/h10H,6-9H2,1,3-5H3/t10-,11-/m1/s1. The monoisotopic (exact) mass is 211 g/mol. The van der Waals surface area contributed by atoms with E-state index in [1.165, 1.54) is 12.8 Å². The molecule has 0 unspecified atom stereocenters. The molecule has 0 heterocycles. The van der Waals surface area contributed by atoms with Gasteiger partial charge in [-0.15, -0.1) is 0 Å². The first-order valence-corrected chi connectivity index (χ1v) is 8.85. The quantitative estimate of drug-likeness (QED) is 0.504. The van der Waals surface area contributed by atoms with Crippen molar-refractivity contribution in [3.05, 3.63) is 11.4 Å². The lowest BCUT2D eigenvalue weighted by Crippen LogP contribution is -2.46. The van der Waals surface area contributed by atoms with Crippen LogP contribution in [0.25, 0.3) is 4.85 Å². The van der Waals surface area contributed by atoms with Crippen LogP contribution in [0, 0.1) is 6.57 Å². The lowest BCUT2D eigenvalue weighted by atomic mass is 9.81. The van der Waals surface area contributed by atoms with E-state index < -0.39 is 8.32 Å². The molecule has 0 aromatic heterocycles. The molecule has 0 N–H and O–H groups in total. The summed E-state index contributed by atoms with van der Waals surface area (Å²) in [5, 5.41) is 0. The summed E-state index contributed by atoms with van der Waals surface area (Å²) in [6.07, 6.45) is 4.67. The minimum atomic E-state index is -1.49. The van der Waals surface area contributed by atoms with Gasteiger partial charge in [-0.3, -0.25) is 0 Å². The molecule has 0 spiro atoms. The molecular formula is C11H21NOSi. The highest BCUT2D eigenvalue weighted by molar-refractivity contribution is 6.69. The van der Waals surface area contributed by atoms with Crippen molar-refractivity contribution in [3.8, 4) is 0 Å². The molecule has 0 aromatic rings. The summed E-state index contributed by atoms with van der Waals surface area (Å²) in [7, 11) is -1.49. The molecule has 0 bridgehead atoms. The van der Waals surface area contributed by atoms with Crippen LogP contribution in [0.1, 0.15) is 32.6 Å². The van der Waals surface area contributed by atoms with Gasteiger partial charge in [0.05, 0.1) is 0 Å². The van der Waals surface area contributed by atoms with Crippen LogP contribution in [-0.4, -0.2) is 20.0 Å². The van der Waals surface area contributed by atoms with Crippen molar-refractivity contribution in [1.29, 1.82) is 0 Å². The zero-order valence-corrected chi connectivity index (χ0v) is 10.8. The number of rotatable bonds is 2. The Bertz CT molecular complexity index is 241. The molecule has 80 valence electrons. The largest absolute Gasteiger partial charge is 0.407 e. The maximum atomic E-state index is 7.29. The lowest BCUT2D eigenvalue weighted by Gasteiger charge is -2.35. The molecule has 1 fully saturated rings. The molecule has 1 saturated carbocycles. The Morgan fingerprint density at radius 3 is 2.50 bits per heavy atom. The Morgan fingerprint density at radius 1 is 1.36 bits per heavy atom. The van der Waals surface area contributed by atoms with Crippen LogP contribution >= 0.6 is 0 Å². The second-order valence-corrected chi connectivity index (χ2v) is 9.89. The number of hydrogen-bond acceptors (Lipinski definition) is 1. The van der Waals surface area contributed by atoms with Gasteiger partial charge in [-0.05, 0) is 32.5 Å². The van der Waals surface area contributed by atoms with E-state index in [0.29, 0.717) is 0 Å². The van der Waals surface area contributed by atoms with E-state index in [4.69, 9.17) is 11.0 Å². The molecule has 1 aliphatic carbocycles. The molecule has 14 heavy (non-hydrogen) atoms. The fraction of sp³-hybridized carbons (Fsp3) is 0.909. The summed E-state index contributed by atoms with van der Waals surface area (Å²) in [6, 6.07) is 0. The molecule has 0 radical (unpaired) electrons. The van der Waals surface area contributed by atoms with Gasteiger partial charge in [0.2, 0.25) is 0 Å². The van der Waals surface area contributed by atoms with Gasteiger partial charge in [-0.1, -0.05) is 6.42 Å². The van der Waals surface area contributed by atoms with E-state index in [1.807, 2.05) is 0 Å². The average Bonchev–Trinajstić information content (AvgIpc) is 2.07. The van der Waals surface area contributed by atoms with Gasteiger partial charge < -0.3 is 9.27 Å². The Labute approximate surface area is 88.6 Å². The topological polar surface area (TPSA) is 13.6 Å². The highest BCUT2D eigenvalue weighted by Crippen LogP contribution is 2.35. The fourth-order valence-corrected chi connectivity index (χ4v) is 3.25. The van der Waals surface area contributed by atoms with Crippen LogP contribution in [0.2, 0.25) is 19.6 Å². The van der Waals surface area contributed by atoms with Crippen molar-refractivity contribution in [1.82, 2.24) is 0 Å². The molecule has 3 heteroatoms. The van der Waals surface area contributed by atoms with E-state index in [2.05, 4.69) is 31.4 Å². The Morgan fingerprint density at radius 2 is 2.00 bits per heavy atom. The van der Waals surface area contributed by atoms with Gasteiger partial charge in [-0.25, -0.2) is 6.57 Å². The summed E-state index contributed by atoms with van der Waals surface area (Å²) in [4.78, 5) is 3.79. The van der Waals surface area contributed by atoms with Gasteiger partial charge in [0.1, 0.15) is 6.10 Å². The van der Waals surface area contributed by atoms with Crippen molar-refractivity contribution in [2.45, 2.75) is 63.9 Å². The molecule has 0 amide bonds. The Hall–Kier alpha value is -0.333. The van der Waals surface area contributed by atoms with Gasteiger partial charge in [-0.2, -0.15) is 0 Å². The van der Waals surface area contributed by atoms with E-state index in [1.54, 1.807) is 0 Å². The van der Waals surface area contributed by atoms with E-state index >= 15 is 0 Å². The second kappa shape index (κ2) is 4.04. The molecule has 1 aliphatic rings. The first kappa shape index (κ1) is 11.7. The van der Waals surface area contributed by atoms with Crippen LogP contribution in [-0.2, 0) is 4.43 Å². The fourth-order valence-electron chi connectivity index (χ4n) is 2.03. The zero-order chi connectivity index (χ0) is 10.8. The lowest BCUT2D eigenvalue weighted by molar-refractivity contribution is 0.0933. The first-order chi connectivity index (χ1) is 6.37. The van der Waals surface area contributed by atoms with Crippen molar-refractivity contribution < 1.29 is 4.43 Å². The molecule has 0 aliphatic heterocycles. The SMILES string of the molecule is [C-]#[N+][C@]1(C)CCCC[C@H]1O[Si](C)(C)C. The normalized spacial score (nSPS) is 33.8. The zero-order valence-electron chi connectivity index (χ0n) is 9.76. The summed E-state index contributed by atoms with van der Waals surface area (Å²) in [6.45, 7) is 16.0. The summed E-state index contributed by atoms with van der Waals surface area (Å²) < 4.78 is 6.11. The van der Waals surface area contributed by atoms with Crippen LogP contribution in [0.4, 0.5) is 0 Å². The predicted octanol–water partition coefficient (Wildman–Crippen LogP) is 3.46. The highest BCUT2D eigenvalue weighted by atomic mass is 28.4. The van der Waals surface area contributed by atoms with Crippen LogP contribution in [0.3, 0.4) is 0 Å². The van der Waals surface area contributed by atoms with Crippen LogP contribution in [0.15, 0.2) is 0 Å². The highest BCUT2D eigenvalue weighted by Gasteiger charge is 2.44. The van der Waals surface area contributed by atoms with E-state index in [-0.39, 0.29) is 11.6 Å². The first-order valence-electron chi connectivity index (χ1n) is 5.44. The van der Waals surface area contributed by atoms with Crippen LogP contribution in [0.5, 0.6) is 0 Å². The maximum absolute atomic E-state index is 7.29. The van der Waals surface area contributed by atoms with Crippen LogP contribution < -0.4 is 0 Å². The maximum Gasteiger partial charge on any atom is 0.254 e. The summed E-state index contributed by atoms with van der Waals surface area (Å²) in [5.74, 6) is 0. The molecule has 1 rings (SSSR count). The summed E-state index contributed by atoms with van der Waals surface area (Å²) >= 11 is 0. The molecule has 0 aromatic carbocycles. The molecule has 2 atom stereocenters. The van der Waals surface area contributed by atoms with Crippen molar-refractivity contribution in [2.24, 2.45) is 0 Å². The second-order valence-electron chi connectivity index (χ2n) is 5.43. The summed E-state index contributed by atoms with van der Waals surface area (Å²) in [5.41, 5.74) is -0.251. The molecule has 2 nitrogen and oxygen atoms in total. The third-order valence-electron chi connectivity index (χ3n) is 2.84. The van der Waals surface area contributed by atoms with Gasteiger partial charge in [0.15, 0.2) is 8.32 Å². The van der Waals surface area contributed by atoms with Gasteiger partial charge in [0, 0.05) is 13.3 Å². The van der Waals surface area contributed by atoms with Gasteiger partial charge >= 0.3 is 0 Å². The smallest absolute Gasteiger partial charge is 0.254 e. The minimum Gasteiger partial charge on any atom is -0.407 e. The van der Waals surface area contributed by atoms with Crippen molar-refractivity contribution in [3.63, 3.8) is 0 Å². The Balaban J connectivity index is 2.70. The molecule has 0 saturated heterocycles. The van der Waals surface area contributed by atoms with E-state index in [0.717, 1.165) is 12.8 Å².